The summed E-state index contributed by atoms with van der Waals surface area (Å²) in [5, 5.41) is 15.8. The summed E-state index contributed by atoms with van der Waals surface area (Å²) in [6, 6.07) is 197. The Hall–Kier alpha value is -16.6. The molecule has 0 saturated heterocycles. The smallest absolute Gasteiger partial charge is 0.0249 e. The van der Waals surface area contributed by atoms with Crippen molar-refractivity contribution in [3.05, 3.63) is 610 Å². The van der Waals surface area contributed by atoms with E-state index in [1.165, 1.54) is 131 Å². The zero-order chi connectivity index (χ0) is 86.4. The van der Waals surface area contributed by atoms with Crippen molar-refractivity contribution in [1.82, 2.24) is 0 Å². The van der Waals surface area contributed by atoms with Gasteiger partial charge in [-0.1, -0.05) is 564 Å². The third-order valence-electron chi connectivity index (χ3n) is 21.1. The molecule has 0 saturated carbocycles. The number of rotatable bonds is 6. The van der Waals surface area contributed by atoms with E-state index < -0.39 is 0 Å². The molecule has 0 fully saturated rings. The SMILES string of the molecule is C(#Cc1ccccc1)c1ccccc1.C(=C\c1ccccc1)/c1ccccc1.C1=Cc2ccccc2C1.c1ccc(-c2ccc(-c3ccccc3)cc2)cc1.c1ccc(-c2ccc3ccccc3c2)cc1.c1ccc(-c2ccccc2)cc1.c1ccc2c(c1)ccc1ccccc12.c1ccc2cc3ccccc3cc2c1.c1ccc2ccccc2c1.c1ccccc1. The molecular formula is C127H100. The highest BCUT2D eigenvalue weighted by Crippen LogP contribution is 2.29. The van der Waals surface area contributed by atoms with E-state index in [1.54, 1.807) is 0 Å². The van der Waals surface area contributed by atoms with E-state index in [4.69, 9.17) is 0 Å². The fourth-order valence-corrected chi connectivity index (χ4v) is 14.4. The van der Waals surface area contributed by atoms with Gasteiger partial charge in [0.25, 0.3) is 0 Å². The standard InChI is InChI=1S/C18H14.C16H12.2C14H10.C14H12.C14H10.C12H10.C10H8.C9H8.C6H6/c1-3-7-15(8-4-1)17-11-13-18(14-12-17)16-9-5-2-6-10-16;1-2-6-13(7-3-1)16-11-10-14-8-4-5-9-15(14)12-16;1-3-7-13-11(5-1)9-10-12-6-2-4-8-14(12)13;1-2-6-12-10-14-8-4-3-7-13(14)9-11(12)5-1;2*1-3-7-13(8-4-1)11-12-14-9-5-2-6-10-14;1-3-7-11(8-4-1)12-9-5-2-6-10-12;1-2-6-10-8-4-3-7-9(10)5-1;1-2-5-9-7-3-6-8(9)4-1;1-2-4-6-5-3-1/h1-14H;1-12H;2*1-10H;1-12H;1-10H;1-10H;1-8H;1-6H,7H2;1-6H/b;;;;12-11+;;;;;. The normalized spacial score (nSPS) is 10.4. The van der Waals surface area contributed by atoms with Gasteiger partial charge in [0.2, 0.25) is 0 Å². The Labute approximate surface area is 750 Å². The van der Waals surface area contributed by atoms with E-state index in [0.717, 1.165) is 17.5 Å². The highest BCUT2D eigenvalue weighted by molar-refractivity contribution is 6.07. The Morgan fingerprint density at radius 1 is 0.157 bits per heavy atom. The van der Waals surface area contributed by atoms with Crippen LogP contribution < -0.4 is 0 Å². The number of benzene rings is 22. The predicted molar refractivity (Wildman–Crippen MR) is 552 cm³/mol. The maximum absolute atomic E-state index is 3.11. The van der Waals surface area contributed by atoms with Crippen molar-refractivity contribution >= 4 is 82.9 Å². The van der Waals surface area contributed by atoms with Crippen LogP contribution in [0.2, 0.25) is 0 Å². The first-order valence-electron chi connectivity index (χ1n) is 43.2. The minimum absolute atomic E-state index is 1.05. The van der Waals surface area contributed by atoms with Gasteiger partial charge in [0.05, 0.1) is 0 Å². The van der Waals surface area contributed by atoms with Gasteiger partial charge >= 0.3 is 0 Å². The fourth-order valence-electron chi connectivity index (χ4n) is 14.4. The van der Waals surface area contributed by atoms with Gasteiger partial charge in [-0.3, -0.25) is 0 Å². The summed E-state index contributed by atoms with van der Waals surface area (Å²) < 4.78 is 0. The lowest BCUT2D eigenvalue weighted by atomic mass is 10.0. The van der Waals surface area contributed by atoms with Crippen LogP contribution in [0.3, 0.4) is 0 Å². The molecule has 1 aliphatic rings. The van der Waals surface area contributed by atoms with Crippen LogP contribution in [0, 0.1) is 11.8 Å². The quantitative estimate of drug-likeness (QED) is 0.0674. The molecule has 22 aromatic rings. The average molecular weight is 1630 g/mol. The fraction of sp³-hybridized carbons (Fsp3) is 0.00787. The molecule has 0 spiro atoms. The van der Waals surface area contributed by atoms with Gasteiger partial charge in [-0.2, -0.15) is 0 Å². The second kappa shape index (κ2) is 48.8. The van der Waals surface area contributed by atoms with Crippen LogP contribution in [-0.4, -0.2) is 0 Å². The molecule has 127 heavy (non-hydrogen) atoms. The van der Waals surface area contributed by atoms with Crippen molar-refractivity contribution in [3.8, 4) is 56.3 Å². The summed E-state index contributed by atoms with van der Waals surface area (Å²) in [4.78, 5) is 0. The Bertz CT molecular complexity index is 6620. The minimum Gasteiger partial charge on any atom is -0.0795 e. The number of allylic oxidation sites excluding steroid dienone is 1. The second-order valence-corrected chi connectivity index (χ2v) is 30.0. The van der Waals surface area contributed by atoms with Gasteiger partial charge in [-0.25, -0.2) is 0 Å². The maximum Gasteiger partial charge on any atom is 0.0249 e. The van der Waals surface area contributed by atoms with Gasteiger partial charge in [0, 0.05) is 11.1 Å². The molecule has 0 aliphatic heterocycles. The van der Waals surface area contributed by atoms with Crippen molar-refractivity contribution < 1.29 is 0 Å². The summed E-state index contributed by atoms with van der Waals surface area (Å²) in [6.45, 7) is 0. The molecule has 1 aliphatic carbocycles. The van der Waals surface area contributed by atoms with Crippen molar-refractivity contribution in [3.63, 3.8) is 0 Å². The zero-order valence-corrected chi connectivity index (χ0v) is 71.3. The van der Waals surface area contributed by atoms with Crippen LogP contribution in [0.1, 0.15) is 33.4 Å². The van der Waals surface area contributed by atoms with Gasteiger partial charge in [0.15, 0.2) is 0 Å². The Balaban J connectivity index is 0.000000115. The van der Waals surface area contributed by atoms with E-state index >= 15 is 0 Å². The van der Waals surface area contributed by atoms with Crippen LogP contribution in [0.4, 0.5) is 0 Å². The van der Waals surface area contributed by atoms with Crippen LogP contribution in [-0.2, 0) is 6.42 Å². The highest BCUT2D eigenvalue weighted by atomic mass is 14.1. The molecule has 0 unspecified atom stereocenters. The third-order valence-corrected chi connectivity index (χ3v) is 21.1. The van der Waals surface area contributed by atoms with Crippen LogP contribution in [0.5, 0.6) is 0 Å². The molecule has 22 aromatic carbocycles. The van der Waals surface area contributed by atoms with Crippen molar-refractivity contribution in [2.24, 2.45) is 0 Å². The summed E-state index contributed by atoms with van der Waals surface area (Å²) in [5.74, 6) is 6.22. The molecule has 0 N–H and O–H groups in total. The van der Waals surface area contributed by atoms with Gasteiger partial charge < -0.3 is 0 Å². The molecule has 0 bridgehead atoms. The van der Waals surface area contributed by atoms with Gasteiger partial charge in [-0.05, 0) is 180 Å². The number of hydrogen-bond acceptors (Lipinski definition) is 0. The van der Waals surface area contributed by atoms with E-state index in [1.807, 2.05) is 164 Å². The van der Waals surface area contributed by atoms with E-state index in [-0.39, 0.29) is 0 Å². The van der Waals surface area contributed by atoms with Crippen LogP contribution in [0.25, 0.3) is 127 Å². The number of hydrogen-bond donors (Lipinski definition) is 0. The molecule has 0 amide bonds. The molecule has 0 heteroatoms. The Kier molecular flexibility index (Phi) is 33.3. The molecule has 0 nitrogen and oxygen atoms in total. The molecule has 23 rings (SSSR count). The first-order valence-corrected chi connectivity index (χ1v) is 43.2. The molecule has 0 radical (unpaired) electrons. The second-order valence-electron chi connectivity index (χ2n) is 30.0. The Morgan fingerprint density at radius 2 is 0.378 bits per heavy atom. The average Bonchev–Trinajstić information content (AvgIpc) is 1.17. The largest absolute Gasteiger partial charge is 0.0795 e. The predicted octanol–water partition coefficient (Wildman–Crippen LogP) is 34.6. The topological polar surface area (TPSA) is 0 Å². The van der Waals surface area contributed by atoms with Crippen molar-refractivity contribution in [2.45, 2.75) is 6.42 Å². The lowest BCUT2D eigenvalue weighted by molar-refractivity contribution is 1.31. The van der Waals surface area contributed by atoms with Crippen LogP contribution in [0.15, 0.2) is 576 Å². The monoisotopic (exact) mass is 1620 g/mol. The van der Waals surface area contributed by atoms with Crippen molar-refractivity contribution in [1.29, 1.82) is 0 Å². The lowest BCUT2D eigenvalue weighted by Gasteiger charge is -2.04. The first-order chi connectivity index (χ1) is 63.0. The minimum atomic E-state index is 1.05. The van der Waals surface area contributed by atoms with Crippen molar-refractivity contribution in [2.75, 3.05) is 0 Å². The lowest BCUT2D eigenvalue weighted by Crippen LogP contribution is -1.79. The third kappa shape index (κ3) is 27.7. The summed E-state index contributed by atoms with van der Waals surface area (Å²) in [7, 11) is 0. The number of fused-ring (bicyclic) bond motifs is 8. The van der Waals surface area contributed by atoms with Gasteiger partial charge in [-0.15, -0.1) is 0 Å². The summed E-state index contributed by atoms with van der Waals surface area (Å²) in [6.07, 6.45) is 9.74. The maximum atomic E-state index is 3.11. The highest BCUT2D eigenvalue weighted by Gasteiger charge is 2.04. The zero-order valence-electron chi connectivity index (χ0n) is 71.3. The summed E-state index contributed by atoms with van der Waals surface area (Å²) in [5.41, 5.74) is 17.6. The van der Waals surface area contributed by atoms with E-state index in [9.17, 15) is 0 Å². The summed E-state index contributed by atoms with van der Waals surface area (Å²) >= 11 is 0. The van der Waals surface area contributed by atoms with E-state index in [2.05, 4.69) is 443 Å². The van der Waals surface area contributed by atoms with Gasteiger partial charge in [0.1, 0.15) is 0 Å². The van der Waals surface area contributed by atoms with E-state index in [0.29, 0.717) is 0 Å². The molecule has 0 heterocycles. The molecular weight excluding hydrogens is 1530 g/mol. The Morgan fingerprint density at radius 3 is 0.709 bits per heavy atom. The first kappa shape index (κ1) is 86.8. The molecule has 608 valence electrons. The molecule has 0 atom stereocenters. The molecule has 0 aromatic heterocycles. The van der Waals surface area contributed by atoms with Crippen LogP contribution >= 0.6 is 0 Å².